The predicted octanol–water partition coefficient (Wildman–Crippen LogP) is 5.55. The first-order valence-corrected chi connectivity index (χ1v) is 16.2. The Kier molecular flexibility index (Phi) is 8.75. The lowest BCUT2D eigenvalue weighted by molar-refractivity contribution is -0.117. The van der Waals surface area contributed by atoms with Crippen LogP contribution >= 0.6 is 0 Å². The van der Waals surface area contributed by atoms with Crippen LogP contribution in [0.1, 0.15) is 88.5 Å². The second-order valence-corrected chi connectivity index (χ2v) is 13.5. The smallest absolute Gasteiger partial charge is 0.388 e. The van der Waals surface area contributed by atoms with Gasteiger partial charge in [0.2, 0.25) is 5.78 Å². The molecule has 1 saturated carbocycles. The molecule has 2 N–H and O–H groups in total. The van der Waals surface area contributed by atoms with Gasteiger partial charge in [-0.25, -0.2) is 13.7 Å². The molecule has 0 bridgehead atoms. The van der Waals surface area contributed by atoms with Crippen LogP contribution in [0.5, 0.6) is 0 Å². The first-order valence-electron chi connectivity index (χ1n) is 16.2. The van der Waals surface area contributed by atoms with Crippen LogP contribution in [0.15, 0.2) is 56.6 Å². The molecule has 11 nitrogen and oxygen atoms in total. The highest BCUT2D eigenvalue weighted by atomic mass is 19.1. The van der Waals surface area contributed by atoms with Gasteiger partial charge < -0.3 is 9.84 Å². The van der Waals surface area contributed by atoms with Crippen molar-refractivity contribution in [2.45, 2.75) is 96.8 Å². The molecule has 0 unspecified atom stereocenters. The topological polar surface area (TPSA) is 141 Å². The fourth-order valence-electron chi connectivity index (χ4n) is 6.53. The number of hydrogen-bond acceptors (Lipinski definition) is 8. The van der Waals surface area contributed by atoms with E-state index in [4.69, 9.17) is 9.84 Å². The van der Waals surface area contributed by atoms with E-state index in [1.54, 1.807) is 47.2 Å². The number of nitrogens with one attached hydrogen (secondary N) is 1. The minimum absolute atomic E-state index is 0.0898. The molecule has 0 amide bonds. The van der Waals surface area contributed by atoms with Gasteiger partial charge in [-0.3, -0.25) is 18.9 Å². The summed E-state index contributed by atoms with van der Waals surface area (Å²) in [6.07, 6.45) is 4.25. The molecule has 5 aromatic rings. The van der Waals surface area contributed by atoms with E-state index in [-0.39, 0.29) is 30.5 Å². The van der Waals surface area contributed by atoms with Crippen molar-refractivity contribution >= 4 is 5.78 Å². The summed E-state index contributed by atoms with van der Waals surface area (Å²) in [5.41, 5.74) is 1.98. The molecule has 1 aliphatic carbocycles. The van der Waals surface area contributed by atoms with Gasteiger partial charge in [-0.2, -0.15) is 10.1 Å². The predicted molar refractivity (Wildman–Crippen MR) is 175 cm³/mol. The third-order valence-corrected chi connectivity index (χ3v) is 8.98. The van der Waals surface area contributed by atoms with Crippen LogP contribution in [0, 0.1) is 12.7 Å². The zero-order chi connectivity index (χ0) is 33.5. The average molecular weight is 645 g/mol. The van der Waals surface area contributed by atoms with E-state index >= 15 is 4.39 Å². The first-order chi connectivity index (χ1) is 22.4. The number of fused-ring (bicyclic) bond motifs is 1. The number of benzene rings is 2. The zero-order valence-corrected chi connectivity index (χ0v) is 27.5. The van der Waals surface area contributed by atoms with Crippen molar-refractivity contribution < 1.29 is 18.8 Å². The number of nitrogens with zero attached hydrogens (tertiary/aromatic N) is 5. The van der Waals surface area contributed by atoms with Gasteiger partial charge in [0, 0.05) is 23.6 Å². The van der Waals surface area contributed by atoms with Crippen LogP contribution < -0.4 is 11.3 Å². The number of aromatic amines is 1. The second-order valence-electron chi connectivity index (χ2n) is 13.5. The van der Waals surface area contributed by atoms with Crippen LogP contribution in [0.25, 0.3) is 28.3 Å². The van der Waals surface area contributed by atoms with Gasteiger partial charge in [-0.05, 0) is 82.6 Å². The molecule has 1 fully saturated rings. The van der Waals surface area contributed by atoms with Crippen molar-refractivity contribution in [2.75, 3.05) is 6.61 Å². The van der Waals surface area contributed by atoms with Gasteiger partial charge in [0.05, 0.1) is 23.5 Å². The van der Waals surface area contributed by atoms with Crippen LogP contribution in [0.4, 0.5) is 4.39 Å². The lowest BCUT2D eigenvalue weighted by atomic mass is 9.83. The molecule has 0 saturated heterocycles. The Balaban J connectivity index is 1.36. The lowest BCUT2D eigenvalue weighted by Crippen LogP contribution is -2.41. The van der Waals surface area contributed by atoms with E-state index in [9.17, 15) is 14.7 Å². The van der Waals surface area contributed by atoms with Gasteiger partial charge in [0.25, 0.3) is 5.56 Å². The van der Waals surface area contributed by atoms with Gasteiger partial charge in [-0.15, -0.1) is 0 Å². The van der Waals surface area contributed by atoms with Crippen molar-refractivity contribution in [3.63, 3.8) is 0 Å². The number of ether oxygens (including phenoxy) is 1. The van der Waals surface area contributed by atoms with Crippen LogP contribution in [-0.4, -0.2) is 52.2 Å². The monoisotopic (exact) mass is 644 g/mol. The molecule has 0 aliphatic heterocycles. The number of hydrogen-bond donors (Lipinski definition) is 2. The van der Waals surface area contributed by atoms with E-state index in [0.717, 1.165) is 12.1 Å². The average Bonchev–Trinajstić information content (AvgIpc) is 3.64. The Morgan fingerprint density at radius 1 is 1.15 bits per heavy atom. The fraction of sp³-hybridized carbons (Fsp3) is 0.457. The number of aliphatic hydroxyl groups is 1. The van der Waals surface area contributed by atoms with Crippen molar-refractivity contribution in [1.82, 2.24) is 29.3 Å². The molecule has 0 radical (unpaired) electrons. The van der Waals surface area contributed by atoms with Crippen LogP contribution in [0.3, 0.4) is 0 Å². The number of halogens is 1. The molecule has 2 aromatic carbocycles. The summed E-state index contributed by atoms with van der Waals surface area (Å²) in [5.74, 6) is 0.189. The highest BCUT2D eigenvalue weighted by molar-refractivity contribution is 5.80. The highest BCUT2D eigenvalue weighted by Crippen LogP contribution is 2.38. The zero-order valence-electron chi connectivity index (χ0n) is 27.5. The van der Waals surface area contributed by atoms with Crippen molar-refractivity contribution in [3.8, 4) is 22.5 Å². The Morgan fingerprint density at radius 2 is 1.87 bits per heavy atom. The maximum absolute atomic E-state index is 16.0. The summed E-state index contributed by atoms with van der Waals surface area (Å²) in [6, 6.07) is 12.0. The molecular weight excluding hydrogens is 603 g/mol. The number of rotatable bonds is 10. The summed E-state index contributed by atoms with van der Waals surface area (Å²) in [6.45, 7) is 9.58. The standard InChI is InChI=1S/C35H41FN6O5/c1-6-9-29-27(18-23-13-12-22(19-28(23)36)25-10-7-8-11-26(25)30-38-33(44)47-40-30)31(43)41(32-37-21(2)39-42(29)32)24-14-16-35(5,17-15-24)46-20-34(3,4)45/h7-8,10-13,19,24,45H,6,9,14-18,20H2,1-5H3,(H,38,40,44). The maximum Gasteiger partial charge on any atom is 0.439 e. The lowest BCUT2D eigenvalue weighted by Gasteiger charge is -2.39. The molecular formula is C35H41FN6O5. The fourth-order valence-corrected chi connectivity index (χ4v) is 6.53. The number of H-pyrrole nitrogens is 1. The van der Waals surface area contributed by atoms with E-state index < -0.39 is 22.8 Å². The summed E-state index contributed by atoms with van der Waals surface area (Å²) in [7, 11) is 0. The van der Waals surface area contributed by atoms with E-state index in [1.165, 1.54) is 6.07 Å². The molecule has 6 rings (SSSR count). The third-order valence-electron chi connectivity index (χ3n) is 8.98. The normalized spacial score (nSPS) is 18.7. The summed E-state index contributed by atoms with van der Waals surface area (Å²) in [5, 5.41) is 18.7. The van der Waals surface area contributed by atoms with Crippen molar-refractivity contribution in [2.24, 2.45) is 0 Å². The molecule has 47 heavy (non-hydrogen) atoms. The molecule has 0 spiro atoms. The largest absolute Gasteiger partial charge is 0.439 e. The van der Waals surface area contributed by atoms with Gasteiger partial charge in [0.15, 0.2) is 5.82 Å². The molecule has 1 aliphatic rings. The molecule has 3 aromatic heterocycles. The Morgan fingerprint density at radius 3 is 2.51 bits per heavy atom. The van der Waals surface area contributed by atoms with E-state index in [1.807, 2.05) is 26.0 Å². The second kappa shape index (κ2) is 12.6. The Hall–Kier alpha value is -4.42. The number of aryl methyl sites for hydroxylation is 2. The minimum atomic E-state index is -0.930. The molecule has 248 valence electrons. The maximum atomic E-state index is 16.0. The van der Waals surface area contributed by atoms with E-state index in [0.29, 0.717) is 71.5 Å². The van der Waals surface area contributed by atoms with Gasteiger partial charge in [-0.1, -0.05) is 54.9 Å². The first kappa shape index (κ1) is 32.5. The van der Waals surface area contributed by atoms with E-state index in [2.05, 4.69) is 26.6 Å². The third kappa shape index (κ3) is 6.70. The Bertz CT molecular complexity index is 2030. The van der Waals surface area contributed by atoms with Crippen molar-refractivity contribution in [3.05, 3.63) is 91.8 Å². The molecule has 0 atom stereocenters. The summed E-state index contributed by atoms with van der Waals surface area (Å²) < 4.78 is 30.3. The Labute approximate surface area is 271 Å². The van der Waals surface area contributed by atoms with Crippen molar-refractivity contribution in [1.29, 1.82) is 0 Å². The summed E-state index contributed by atoms with van der Waals surface area (Å²) >= 11 is 0. The number of aromatic nitrogens is 6. The SMILES string of the molecule is CCCc1c(Cc2ccc(-c3ccccc3-c3noc(=O)[nH]3)cc2F)c(=O)n(C2CCC(C)(OCC(C)(C)O)CC2)c2nc(C)nn12. The van der Waals surface area contributed by atoms with Gasteiger partial charge >= 0.3 is 5.76 Å². The molecule has 12 heteroatoms. The van der Waals surface area contributed by atoms with Crippen LogP contribution in [-0.2, 0) is 17.6 Å². The minimum Gasteiger partial charge on any atom is -0.388 e. The van der Waals surface area contributed by atoms with Crippen LogP contribution in [0.2, 0.25) is 0 Å². The molecule has 3 heterocycles. The highest BCUT2D eigenvalue weighted by Gasteiger charge is 2.36. The quantitative estimate of drug-likeness (QED) is 0.202. The van der Waals surface area contributed by atoms with Gasteiger partial charge in [0.1, 0.15) is 11.6 Å². The summed E-state index contributed by atoms with van der Waals surface area (Å²) in [4.78, 5) is 33.3.